The second kappa shape index (κ2) is 6.84. The maximum absolute atomic E-state index is 12.2. The van der Waals surface area contributed by atoms with Crippen LogP contribution in [0.1, 0.15) is 24.6 Å². The normalized spacial score (nSPS) is 14.1. The molecule has 1 fully saturated rings. The van der Waals surface area contributed by atoms with E-state index in [1.165, 1.54) is 17.7 Å². The average molecular weight is 343 g/mol. The minimum absolute atomic E-state index is 0.503. The molecule has 134 valence electrons. The molecule has 25 heavy (non-hydrogen) atoms. The Balaban J connectivity index is 1.69. The molecule has 7 nitrogen and oxygen atoms in total. The van der Waals surface area contributed by atoms with Crippen molar-refractivity contribution in [3.63, 3.8) is 0 Å². The molecule has 0 unspecified atom stereocenters. The smallest absolute Gasteiger partial charge is 0.313 e. The van der Waals surface area contributed by atoms with Crippen molar-refractivity contribution in [3.05, 3.63) is 24.0 Å². The summed E-state index contributed by atoms with van der Waals surface area (Å²) in [6, 6.07) is 5.57. The highest BCUT2D eigenvalue weighted by Gasteiger charge is 2.28. The molecule has 1 aromatic carbocycles. The Morgan fingerprint density at radius 1 is 1.24 bits per heavy atom. The lowest BCUT2D eigenvalue weighted by molar-refractivity contribution is -0.142. The van der Waals surface area contributed by atoms with Crippen LogP contribution in [0, 0.1) is 0 Å². The van der Waals surface area contributed by atoms with E-state index in [9.17, 15) is 9.59 Å². The fourth-order valence-corrected chi connectivity index (χ4v) is 2.81. The molecule has 2 aromatic rings. The van der Waals surface area contributed by atoms with Crippen molar-refractivity contribution in [1.29, 1.82) is 0 Å². The van der Waals surface area contributed by atoms with E-state index in [1.807, 2.05) is 44.2 Å². The van der Waals surface area contributed by atoms with E-state index in [2.05, 4.69) is 14.9 Å². The first-order valence-electron chi connectivity index (χ1n) is 8.54. The van der Waals surface area contributed by atoms with Crippen LogP contribution in [0.3, 0.4) is 0 Å². The van der Waals surface area contributed by atoms with Gasteiger partial charge in [-0.25, -0.2) is 4.98 Å². The SMILES string of the molecule is CN(C)CCN(C)C(=O)C(=O)Nc1ccc2c(c1)nc(C1CC1)n2C. The summed E-state index contributed by atoms with van der Waals surface area (Å²) in [6.07, 6.45) is 2.38. The number of carbonyl (C=O) groups excluding carboxylic acids is 2. The maximum Gasteiger partial charge on any atom is 0.313 e. The molecule has 7 heteroatoms. The number of rotatable bonds is 5. The second-order valence-corrected chi connectivity index (χ2v) is 6.99. The van der Waals surface area contributed by atoms with Gasteiger partial charge in [0.1, 0.15) is 5.82 Å². The van der Waals surface area contributed by atoms with Crippen LogP contribution in [0.25, 0.3) is 11.0 Å². The molecule has 3 rings (SSSR count). The molecule has 0 aliphatic heterocycles. The van der Waals surface area contributed by atoms with E-state index < -0.39 is 11.8 Å². The van der Waals surface area contributed by atoms with Gasteiger partial charge in [-0.1, -0.05) is 0 Å². The number of aryl methyl sites for hydroxylation is 1. The number of fused-ring (bicyclic) bond motifs is 1. The number of benzene rings is 1. The van der Waals surface area contributed by atoms with Crippen LogP contribution >= 0.6 is 0 Å². The molecule has 0 bridgehead atoms. The number of nitrogens with zero attached hydrogens (tertiary/aromatic N) is 4. The quantitative estimate of drug-likeness (QED) is 0.834. The van der Waals surface area contributed by atoms with E-state index in [0.29, 0.717) is 24.7 Å². The summed E-state index contributed by atoms with van der Waals surface area (Å²) < 4.78 is 2.11. The molecule has 1 aromatic heterocycles. The van der Waals surface area contributed by atoms with Gasteiger partial charge >= 0.3 is 11.8 Å². The first-order valence-corrected chi connectivity index (χ1v) is 8.54. The van der Waals surface area contributed by atoms with Gasteiger partial charge < -0.3 is 19.7 Å². The van der Waals surface area contributed by atoms with E-state index in [0.717, 1.165) is 16.9 Å². The molecule has 1 aliphatic rings. The number of hydrogen-bond acceptors (Lipinski definition) is 4. The van der Waals surface area contributed by atoms with Crippen molar-refractivity contribution in [2.24, 2.45) is 7.05 Å². The summed E-state index contributed by atoms with van der Waals surface area (Å²) in [5, 5.41) is 2.68. The molecule has 1 N–H and O–H groups in total. The van der Waals surface area contributed by atoms with Gasteiger partial charge in [-0.05, 0) is 45.1 Å². The lowest BCUT2D eigenvalue weighted by Gasteiger charge is -2.19. The van der Waals surface area contributed by atoms with E-state index in [4.69, 9.17) is 0 Å². The first kappa shape index (κ1) is 17.4. The molecule has 2 amide bonds. The van der Waals surface area contributed by atoms with Crippen LogP contribution < -0.4 is 5.32 Å². The van der Waals surface area contributed by atoms with Crippen molar-refractivity contribution in [3.8, 4) is 0 Å². The van der Waals surface area contributed by atoms with Crippen molar-refractivity contribution in [2.45, 2.75) is 18.8 Å². The van der Waals surface area contributed by atoms with Gasteiger partial charge in [0.2, 0.25) is 0 Å². The number of hydrogen-bond donors (Lipinski definition) is 1. The maximum atomic E-state index is 12.2. The van der Waals surface area contributed by atoms with E-state index in [-0.39, 0.29) is 0 Å². The topological polar surface area (TPSA) is 70.5 Å². The summed E-state index contributed by atoms with van der Waals surface area (Å²) in [7, 11) is 7.51. The van der Waals surface area contributed by atoms with Crippen molar-refractivity contribution in [2.75, 3.05) is 39.5 Å². The van der Waals surface area contributed by atoms with Crippen LogP contribution in [-0.2, 0) is 16.6 Å². The Hall–Kier alpha value is -2.41. The van der Waals surface area contributed by atoms with Gasteiger partial charge in [0.05, 0.1) is 11.0 Å². The zero-order valence-corrected chi connectivity index (χ0v) is 15.2. The fourth-order valence-electron chi connectivity index (χ4n) is 2.81. The van der Waals surface area contributed by atoms with Crippen molar-refractivity contribution in [1.82, 2.24) is 19.4 Å². The number of amides is 2. The Morgan fingerprint density at radius 3 is 2.60 bits per heavy atom. The number of aromatic nitrogens is 2. The number of imidazole rings is 1. The van der Waals surface area contributed by atoms with Crippen molar-refractivity contribution < 1.29 is 9.59 Å². The molecule has 1 aliphatic carbocycles. The Morgan fingerprint density at radius 2 is 1.96 bits per heavy atom. The predicted octanol–water partition coefficient (Wildman–Crippen LogP) is 1.41. The Bertz CT molecular complexity index is 807. The molecule has 0 saturated heterocycles. The van der Waals surface area contributed by atoms with Gasteiger partial charge in [0.15, 0.2) is 0 Å². The van der Waals surface area contributed by atoms with Gasteiger partial charge in [-0.3, -0.25) is 9.59 Å². The number of nitrogens with one attached hydrogen (secondary N) is 1. The molecule has 1 heterocycles. The highest BCUT2D eigenvalue weighted by atomic mass is 16.2. The highest BCUT2D eigenvalue weighted by molar-refractivity contribution is 6.39. The summed E-state index contributed by atoms with van der Waals surface area (Å²) in [4.78, 5) is 32.4. The molecule has 1 saturated carbocycles. The Kier molecular flexibility index (Phi) is 4.76. The summed E-state index contributed by atoms with van der Waals surface area (Å²) in [6.45, 7) is 1.21. The van der Waals surface area contributed by atoms with Gasteiger partial charge in [0, 0.05) is 38.8 Å². The van der Waals surface area contributed by atoms with Crippen LogP contribution in [0.15, 0.2) is 18.2 Å². The lowest BCUT2D eigenvalue weighted by Crippen LogP contribution is -2.40. The largest absolute Gasteiger partial charge is 0.336 e. The number of likely N-dealkylation sites (N-methyl/N-ethyl adjacent to an activating group) is 2. The zero-order valence-electron chi connectivity index (χ0n) is 15.2. The van der Waals surface area contributed by atoms with Gasteiger partial charge in [0.25, 0.3) is 0 Å². The van der Waals surface area contributed by atoms with Gasteiger partial charge in [-0.2, -0.15) is 0 Å². The summed E-state index contributed by atoms with van der Waals surface area (Å²) in [5.74, 6) is 0.487. The third-order valence-corrected chi connectivity index (χ3v) is 4.54. The minimum atomic E-state index is -0.626. The molecular formula is C18H25N5O2. The number of anilines is 1. The zero-order chi connectivity index (χ0) is 18.1. The van der Waals surface area contributed by atoms with Crippen LogP contribution in [0.4, 0.5) is 5.69 Å². The highest BCUT2D eigenvalue weighted by Crippen LogP contribution is 2.40. The van der Waals surface area contributed by atoms with Crippen LogP contribution in [-0.4, -0.2) is 65.4 Å². The van der Waals surface area contributed by atoms with Crippen LogP contribution in [0.2, 0.25) is 0 Å². The first-order chi connectivity index (χ1) is 11.9. The third kappa shape index (κ3) is 3.82. The third-order valence-electron chi connectivity index (χ3n) is 4.54. The molecule has 0 radical (unpaired) electrons. The minimum Gasteiger partial charge on any atom is -0.336 e. The molecular weight excluding hydrogens is 318 g/mol. The van der Waals surface area contributed by atoms with E-state index in [1.54, 1.807) is 7.05 Å². The van der Waals surface area contributed by atoms with Crippen LogP contribution in [0.5, 0.6) is 0 Å². The number of carbonyl (C=O) groups is 2. The van der Waals surface area contributed by atoms with E-state index >= 15 is 0 Å². The monoisotopic (exact) mass is 343 g/mol. The second-order valence-electron chi connectivity index (χ2n) is 6.99. The fraction of sp³-hybridized carbons (Fsp3) is 0.500. The standard InChI is InChI=1S/C18H25N5O2/c1-21(2)9-10-22(3)18(25)17(24)19-13-7-8-15-14(11-13)20-16(23(15)4)12-5-6-12/h7-8,11-12H,5-6,9-10H2,1-4H3,(H,19,24). The molecule has 0 spiro atoms. The Labute approximate surface area is 147 Å². The predicted molar refractivity (Wildman–Crippen MR) is 97.5 cm³/mol. The summed E-state index contributed by atoms with van der Waals surface area (Å²) >= 11 is 0. The summed E-state index contributed by atoms with van der Waals surface area (Å²) in [5.41, 5.74) is 2.47. The van der Waals surface area contributed by atoms with Crippen molar-refractivity contribution >= 4 is 28.5 Å². The molecule has 0 atom stereocenters. The lowest BCUT2D eigenvalue weighted by atomic mass is 10.2. The van der Waals surface area contributed by atoms with Gasteiger partial charge in [-0.15, -0.1) is 0 Å². The average Bonchev–Trinajstić information content (AvgIpc) is 3.36.